The van der Waals surface area contributed by atoms with Crippen LogP contribution < -0.4 is 0 Å². The third-order valence-electron chi connectivity index (χ3n) is 5.99. The minimum atomic E-state index is -1.28. The molecule has 1 aliphatic rings. The number of aldehydes is 1. The number of carbonyl (C=O) groups is 2. The Morgan fingerprint density at radius 1 is 1.18 bits per heavy atom. The first-order chi connectivity index (χ1) is 17.8. The summed E-state index contributed by atoms with van der Waals surface area (Å²) in [4.78, 5) is 24.3. The van der Waals surface area contributed by atoms with E-state index in [0.717, 1.165) is 12.5 Å². The summed E-state index contributed by atoms with van der Waals surface area (Å²) in [5, 5.41) is 11.5. The fourth-order valence-electron chi connectivity index (χ4n) is 3.88. The Kier molecular flexibility index (Phi) is 15.7. The second kappa shape index (κ2) is 17.0. The number of allylic oxidation sites excluding steroid dienone is 2. The molecular weight excluding hydrogens is 532 g/mol. The molecule has 1 heterocycles. The highest BCUT2D eigenvalue weighted by Gasteiger charge is 2.48. The van der Waals surface area contributed by atoms with Gasteiger partial charge in [-0.3, -0.25) is 9.59 Å². The van der Waals surface area contributed by atoms with Crippen molar-refractivity contribution in [3.8, 4) is 0 Å². The van der Waals surface area contributed by atoms with Crippen LogP contribution in [0.1, 0.15) is 40.5 Å². The number of Topliss-reactive ketones (excluding diaryl/α,β-unsaturated/α-hetero) is 1. The number of ketones is 1. The Labute approximate surface area is 233 Å². The van der Waals surface area contributed by atoms with E-state index in [1.54, 1.807) is 26.8 Å². The van der Waals surface area contributed by atoms with E-state index in [4.69, 9.17) is 40.0 Å². The maximum Gasteiger partial charge on any atom is 0.167 e. The summed E-state index contributed by atoms with van der Waals surface area (Å²) in [5.41, 5.74) is 0. The zero-order chi connectivity index (χ0) is 28.9. The van der Waals surface area contributed by atoms with E-state index >= 15 is 0 Å². The minimum absolute atomic E-state index is 0.0232. The lowest BCUT2D eigenvalue weighted by atomic mass is 9.92. The van der Waals surface area contributed by atoms with E-state index in [1.807, 2.05) is 13.0 Å². The van der Waals surface area contributed by atoms with Crippen molar-refractivity contribution in [3.63, 3.8) is 0 Å². The Hall–Kier alpha value is -0.953. The van der Waals surface area contributed by atoms with Crippen molar-refractivity contribution in [1.29, 1.82) is 0 Å². The van der Waals surface area contributed by atoms with Crippen LogP contribution in [0, 0.1) is 5.92 Å². The summed E-state index contributed by atoms with van der Waals surface area (Å²) in [7, 11) is 0.224. The third-order valence-corrected chi connectivity index (χ3v) is 8.17. The van der Waals surface area contributed by atoms with Crippen molar-refractivity contribution in [2.75, 3.05) is 27.3 Å². The summed E-state index contributed by atoms with van der Waals surface area (Å²) in [6, 6.07) is 0.969. The molecule has 1 rings (SSSR count). The Bertz CT molecular complexity index is 781. The third kappa shape index (κ3) is 12.5. The molecule has 6 atom stereocenters. The molecule has 1 fully saturated rings. The van der Waals surface area contributed by atoms with Gasteiger partial charge in [-0.05, 0) is 32.4 Å². The van der Waals surface area contributed by atoms with Crippen molar-refractivity contribution in [2.45, 2.75) is 103 Å². The van der Waals surface area contributed by atoms with Gasteiger partial charge in [0.25, 0.3) is 0 Å². The second-order valence-electron chi connectivity index (χ2n) is 11.1. The van der Waals surface area contributed by atoms with E-state index in [1.165, 1.54) is 13.2 Å². The quantitative estimate of drug-likeness (QED) is 0.0594. The van der Waals surface area contributed by atoms with Crippen LogP contribution >= 0.6 is 11.6 Å². The number of methoxy groups -OCH3 is 1. The first kappa shape index (κ1) is 35.1. The molecule has 1 N–H and O–H groups in total. The highest BCUT2D eigenvalue weighted by molar-refractivity contribution is 6.76. The fraction of sp³-hybridized carbons (Fsp3) is 0.778. The largest absolute Gasteiger partial charge is 0.390 e. The number of hydrogen-bond donors (Lipinski definition) is 1. The number of hydrogen-bond acceptors (Lipinski definition) is 9. The molecular formula is C27H47ClO9Si. The fourth-order valence-corrected chi connectivity index (χ4v) is 4.81. The molecule has 0 aromatic rings. The Balaban J connectivity index is 3.06. The molecule has 0 bridgehead atoms. The topological polar surface area (TPSA) is 110 Å². The SMILES string of the molecule is CC/C=C/[C@@H](OCOC)[C@H](OCOCC[Si](C)(C)C)[C@H](O)CC(=O)[C@H]1OC(C)(C)O[C@@H]1[C@H](C)/C(Cl)=C/C=O. The van der Waals surface area contributed by atoms with Gasteiger partial charge in [-0.2, -0.15) is 0 Å². The van der Waals surface area contributed by atoms with Gasteiger partial charge < -0.3 is 33.5 Å². The normalized spacial score (nSPS) is 23.4. The average molecular weight is 579 g/mol. The molecule has 1 saturated heterocycles. The van der Waals surface area contributed by atoms with Crippen LogP contribution in [0.5, 0.6) is 0 Å². The first-order valence-corrected chi connectivity index (χ1v) is 17.2. The van der Waals surface area contributed by atoms with Crippen LogP contribution in [0.15, 0.2) is 23.3 Å². The summed E-state index contributed by atoms with van der Waals surface area (Å²) in [6.07, 6.45) is 1.38. The van der Waals surface area contributed by atoms with Gasteiger partial charge >= 0.3 is 0 Å². The molecule has 11 heteroatoms. The molecule has 0 aliphatic carbocycles. The first-order valence-electron chi connectivity index (χ1n) is 13.1. The number of rotatable bonds is 19. The van der Waals surface area contributed by atoms with Gasteiger partial charge in [0.2, 0.25) is 0 Å². The van der Waals surface area contributed by atoms with Crippen LogP contribution in [0.3, 0.4) is 0 Å². The monoisotopic (exact) mass is 578 g/mol. The van der Waals surface area contributed by atoms with Crippen LogP contribution in [-0.2, 0) is 38.0 Å². The van der Waals surface area contributed by atoms with E-state index < -0.39 is 50.3 Å². The summed E-state index contributed by atoms with van der Waals surface area (Å²) >= 11 is 6.25. The maximum atomic E-state index is 13.4. The van der Waals surface area contributed by atoms with Gasteiger partial charge in [0.05, 0.1) is 6.10 Å². The molecule has 9 nitrogen and oxygen atoms in total. The number of carbonyl (C=O) groups excluding carboxylic acids is 2. The summed E-state index contributed by atoms with van der Waals surface area (Å²) in [6.45, 7) is 14.3. The number of halogens is 1. The second-order valence-corrected chi connectivity index (χ2v) is 17.1. The summed E-state index contributed by atoms with van der Waals surface area (Å²) in [5.74, 6) is -1.91. The smallest absolute Gasteiger partial charge is 0.167 e. The number of aliphatic hydroxyl groups is 1. The van der Waals surface area contributed by atoms with Crippen molar-refractivity contribution >= 4 is 31.7 Å². The maximum absolute atomic E-state index is 13.4. The molecule has 0 aromatic carbocycles. The van der Waals surface area contributed by atoms with E-state index in [2.05, 4.69) is 19.6 Å². The van der Waals surface area contributed by atoms with Crippen molar-refractivity contribution in [3.05, 3.63) is 23.3 Å². The molecule has 0 amide bonds. The van der Waals surface area contributed by atoms with Gasteiger partial charge in [0.1, 0.15) is 44.3 Å². The van der Waals surface area contributed by atoms with Crippen LogP contribution in [0.25, 0.3) is 0 Å². The lowest BCUT2D eigenvalue weighted by Gasteiger charge is -2.30. The van der Waals surface area contributed by atoms with Crippen LogP contribution in [0.4, 0.5) is 0 Å². The van der Waals surface area contributed by atoms with Crippen LogP contribution in [-0.4, -0.2) is 88.9 Å². The lowest BCUT2D eigenvalue weighted by molar-refractivity contribution is -0.181. The van der Waals surface area contributed by atoms with E-state index in [-0.39, 0.29) is 30.8 Å². The molecule has 0 unspecified atom stereocenters. The standard InChI is InChI=1S/C27H47ClO9Si/c1-9-10-11-23(34-17-32-5)25(35-18-33-14-15-38(6,7)8)21(30)16-22(31)26-24(36-27(3,4)37-26)19(2)20(28)12-13-29/h10-13,19,21,23-26,30H,9,14-18H2,1-8H3/b11-10+,20-12-/t19-,21-,23-,24-,25-,26-/m1/s1. The van der Waals surface area contributed by atoms with Gasteiger partial charge in [-0.25, -0.2) is 0 Å². The Morgan fingerprint density at radius 3 is 2.45 bits per heavy atom. The highest BCUT2D eigenvalue weighted by atomic mass is 35.5. The van der Waals surface area contributed by atoms with Crippen molar-refractivity contribution in [2.24, 2.45) is 5.92 Å². The van der Waals surface area contributed by atoms with E-state index in [9.17, 15) is 14.7 Å². The van der Waals surface area contributed by atoms with Gasteiger partial charge in [0, 0.05) is 39.2 Å². The van der Waals surface area contributed by atoms with Crippen molar-refractivity contribution < 1.29 is 43.1 Å². The Morgan fingerprint density at radius 2 is 1.87 bits per heavy atom. The van der Waals surface area contributed by atoms with Crippen molar-refractivity contribution in [1.82, 2.24) is 0 Å². The lowest BCUT2D eigenvalue weighted by Crippen LogP contribution is -2.45. The van der Waals surface area contributed by atoms with E-state index in [0.29, 0.717) is 12.9 Å². The van der Waals surface area contributed by atoms with Gasteiger partial charge in [-0.15, -0.1) is 0 Å². The molecule has 0 spiro atoms. The predicted molar refractivity (Wildman–Crippen MR) is 149 cm³/mol. The molecule has 0 radical (unpaired) electrons. The number of ether oxygens (including phenoxy) is 6. The zero-order valence-corrected chi connectivity index (χ0v) is 25.9. The molecule has 0 aromatic heterocycles. The van der Waals surface area contributed by atoms with Gasteiger partial charge in [0.15, 0.2) is 11.6 Å². The van der Waals surface area contributed by atoms with Gasteiger partial charge in [-0.1, -0.05) is 57.2 Å². The highest BCUT2D eigenvalue weighted by Crippen LogP contribution is 2.37. The summed E-state index contributed by atoms with van der Waals surface area (Å²) < 4.78 is 34.3. The average Bonchev–Trinajstić information content (AvgIpc) is 3.16. The molecule has 1 aliphatic heterocycles. The minimum Gasteiger partial charge on any atom is -0.390 e. The molecule has 0 saturated carbocycles. The number of aliphatic hydroxyl groups excluding tert-OH is 1. The zero-order valence-electron chi connectivity index (χ0n) is 24.1. The molecule has 38 heavy (non-hydrogen) atoms. The molecule has 220 valence electrons. The van der Waals surface area contributed by atoms with Crippen LogP contribution in [0.2, 0.25) is 25.7 Å². The predicted octanol–water partition coefficient (Wildman–Crippen LogP) is 4.44.